The molecule has 1 aromatic heterocycles. The van der Waals surface area contributed by atoms with Crippen LogP contribution in [0.5, 0.6) is 0 Å². The number of aromatic nitrogens is 2. The summed E-state index contributed by atoms with van der Waals surface area (Å²) in [4.78, 5) is 34.3. The number of carbonyl (C=O) groups is 2. The summed E-state index contributed by atoms with van der Waals surface area (Å²) in [7, 11) is 0. The number of carbonyl (C=O) groups excluding carboxylic acids is 2. The molecule has 28 heavy (non-hydrogen) atoms. The van der Waals surface area contributed by atoms with Gasteiger partial charge >= 0.3 is 0 Å². The quantitative estimate of drug-likeness (QED) is 0.750. The molecule has 144 valence electrons. The molecule has 4 rings (SSSR count). The number of aromatic amines is 1. The van der Waals surface area contributed by atoms with Crippen LogP contribution in [0, 0.1) is 5.92 Å². The third kappa shape index (κ3) is 3.84. The summed E-state index contributed by atoms with van der Waals surface area (Å²) in [6.07, 6.45) is 7.66. The lowest BCUT2D eigenvalue weighted by molar-refractivity contribution is -0.132. The van der Waals surface area contributed by atoms with E-state index in [4.69, 9.17) is 23.2 Å². The van der Waals surface area contributed by atoms with Gasteiger partial charge in [-0.25, -0.2) is 4.98 Å². The Bertz CT molecular complexity index is 1030. The fourth-order valence-electron chi connectivity index (χ4n) is 3.30. The van der Waals surface area contributed by atoms with Gasteiger partial charge in [0, 0.05) is 28.7 Å². The van der Waals surface area contributed by atoms with E-state index in [0.717, 1.165) is 11.0 Å². The zero-order chi connectivity index (χ0) is 19.7. The Morgan fingerprint density at radius 3 is 2.79 bits per heavy atom. The Balaban J connectivity index is 1.37. The lowest BCUT2D eigenvalue weighted by Crippen LogP contribution is -2.35. The average Bonchev–Trinajstić information content (AvgIpc) is 3.34. The highest BCUT2D eigenvalue weighted by atomic mass is 35.5. The molecule has 0 spiro atoms. The molecular weight excluding hydrogens is 399 g/mol. The van der Waals surface area contributed by atoms with E-state index in [-0.39, 0.29) is 18.4 Å². The third-order valence-electron chi connectivity index (χ3n) is 4.80. The van der Waals surface area contributed by atoms with Gasteiger partial charge in [-0.1, -0.05) is 41.4 Å². The molecule has 2 aromatic rings. The summed E-state index contributed by atoms with van der Waals surface area (Å²) in [5.74, 6) is -0.0572. The van der Waals surface area contributed by atoms with Crippen molar-refractivity contribution in [3.05, 3.63) is 64.0 Å². The summed E-state index contributed by atoms with van der Waals surface area (Å²) in [6, 6.07) is 5.38. The van der Waals surface area contributed by atoms with Gasteiger partial charge in [-0.05, 0) is 30.7 Å². The van der Waals surface area contributed by atoms with Gasteiger partial charge in [-0.15, -0.1) is 0 Å². The Hall–Kier alpha value is -2.57. The number of nitrogens with zero attached hydrogens (tertiary/aromatic N) is 2. The van der Waals surface area contributed by atoms with E-state index in [9.17, 15) is 9.59 Å². The Morgan fingerprint density at radius 2 is 2.04 bits per heavy atom. The number of benzene rings is 1. The van der Waals surface area contributed by atoms with Crippen LogP contribution in [0.15, 0.2) is 53.1 Å². The number of allylic oxidation sites excluding steroid dienone is 1. The van der Waals surface area contributed by atoms with Crippen LogP contribution in [0.25, 0.3) is 11.0 Å². The second-order valence-corrected chi connectivity index (χ2v) is 7.59. The molecule has 0 saturated heterocycles. The zero-order valence-electron chi connectivity index (χ0n) is 14.9. The van der Waals surface area contributed by atoms with Crippen molar-refractivity contribution < 1.29 is 9.59 Å². The highest BCUT2D eigenvalue weighted by Gasteiger charge is 2.29. The minimum absolute atomic E-state index is 0.0112. The van der Waals surface area contributed by atoms with Crippen LogP contribution in [0.4, 0.5) is 0 Å². The molecule has 6 nitrogen and oxygen atoms in total. The van der Waals surface area contributed by atoms with Gasteiger partial charge in [0.25, 0.3) is 5.91 Å². The molecule has 0 radical (unpaired) electrons. The van der Waals surface area contributed by atoms with Gasteiger partial charge in [0.2, 0.25) is 5.91 Å². The van der Waals surface area contributed by atoms with E-state index in [1.54, 1.807) is 29.2 Å². The second-order valence-electron chi connectivity index (χ2n) is 6.72. The van der Waals surface area contributed by atoms with Crippen molar-refractivity contribution in [2.24, 2.45) is 5.92 Å². The molecule has 2 heterocycles. The molecular formula is C20H18Cl2N4O2. The van der Waals surface area contributed by atoms with Crippen molar-refractivity contribution in [2.45, 2.75) is 13.0 Å². The van der Waals surface area contributed by atoms with Gasteiger partial charge in [0.1, 0.15) is 5.82 Å². The molecule has 2 amide bonds. The number of halogens is 2. The largest absolute Gasteiger partial charge is 0.345 e. The first kappa shape index (κ1) is 18.8. The number of nitrogens with one attached hydrogen (secondary N) is 2. The molecule has 1 aliphatic carbocycles. The zero-order valence-corrected chi connectivity index (χ0v) is 16.4. The van der Waals surface area contributed by atoms with Crippen molar-refractivity contribution in [2.75, 3.05) is 13.1 Å². The van der Waals surface area contributed by atoms with Crippen LogP contribution in [0.3, 0.4) is 0 Å². The molecule has 1 unspecified atom stereocenters. The number of hydrogen-bond acceptors (Lipinski definition) is 3. The van der Waals surface area contributed by atoms with E-state index in [1.165, 1.54) is 0 Å². The van der Waals surface area contributed by atoms with Gasteiger partial charge in [0.15, 0.2) is 0 Å². The standard InChI is InChI=1S/C20H18Cl2N4O2/c21-13-4-6-16-17(10-13)25-18(24-16)11-23-19(27)12-3-5-14(15(22)9-12)20(28)26-7-1-2-8-26/h1-4,6,9-10,14H,5,7-8,11H2,(H,23,27)(H,24,25). The lowest BCUT2D eigenvalue weighted by atomic mass is 9.94. The molecule has 8 heteroatoms. The maximum atomic E-state index is 12.5. The fraction of sp³-hybridized carbons (Fsp3) is 0.250. The first-order valence-corrected chi connectivity index (χ1v) is 9.70. The maximum absolute atomic E-state index is 12.5. The molecule has 2 N–H and O–H groups in total. The molecule has 0 bridgehead atoms. The summed E-state index contributed by atoms with van der Waals surface area (Å²) in [5, 5.41) is 3.82. The summed E-state index contributed by atoms with van der Waals surface area (Å²) in [5.41, 5.74) is 2.05. The van der Waals surface area contributed by atoms with Crippen LogP contribution in [0.2, 0.25) is 5.02 Å². The van der Waals surface area contributed by atoms with Crippen LogP contribution in [0.1, 0.15) is 12.2 Å². The summed E-state index contributed by atoms with van der Waals surface area (Å²) in [6.45, 7) is 1.47. The monoisotopic (exact) mass is 416 g/mol. The molecule has 1 atom stereocenters. The number of rotatable bonds is 4. The minimum Gasteiger partial charge on any atom is -0.345 e. The predicted molar refractivity (Wildman–Crippen MR) is 109 cm³/mol. The Morgan fingerprint density at radius 1 is 1.25 bits per heavy atom. The molecule has 2 aliphatic rings. The van der Waals surface area contributed by atoms with E-state index >= 15 is 0 Å². The highest BCUT2D eigenvalue weighted by Crippen LogP contribution is 2.29. The van der Waals surface area contributed by atoms with Gasteiger partial charge < -0.3 is 15.2 Å². The van der Waals surface area contributed by atoms with Crippen molar-refractivity contribution in [3.8, 4) is 0 Å². The number of fused-ring (bicyclic) bond motifs is 1. The SMILES string of the molecule is O=C(NCc1nc2cc(Cl)ccc2[nH]1)C1=CCC(C(=O)N2CC=CC2)C(Cl)=C1. The smallest absolute Gasteiger partial charge is 0.251 e. The normalized spacial score (nSPS) is 18.9. The van der Waals surface area contributed by atoms with Crippen LogP contribution in [-0.4, -0.2) is 39.8 Å². The Labute approximate surface area is 171 Å². The predicted octanol–water partition coefficient (Wildman–Crippen LogP) is 3.30. The van der Waals surface area contributed by atoms with Crippen molar-refractivity contribution in [3.63, 3.8) is 0 Å². The number of imidazole rings is 1. The number of H-pyrrole nitrogens is 1. The van der Waals surface area contributed by atoms with E-state index in [1.807, 2.05) is 18.2 Å². The van der Waals surface area contributed by atoms with Crippen molar-refractivity contribution in [1.29, 1.82) is 0 Å². The van der Waals surface area contributed by atoms with Gasteiger partial charge in [-0.2, -0.15) is 0 Å². The number of hydrogen-bond donors (Lipinski definition) is 2. The molecule has 1 aliphatic heterocycles. The van der Waals surface area contributed by atoms with Crippen molar-refractivity contribution in [1.82, 2.24) is 20.2 Å². The fourth-order valence-corrected chi connectivity index (χ4v) is 3.77. The first-order valence-electron chi connectivity index (χ1n) is 8.94. The summed E-state index contributed by atoms with van der Waals surface area (Å²) >= 11 is 12.3. The average molecular weight is 417 g/mol. The minimum atomic E-state index is -0.418. The van der Waals surface area contributed by atoms with E-state index in [2.05, 4.69) is 15.3 Å². The third-order valence-corrected chi connectivity index (χ3v) is 5.41. The van der Waals surface area contributed by atoms with E-state index < -0.39 is 5.92 Å². The molecule has 1 aromatic carbocycles. The second kappa shape index (κ2) is 7.81. The van der Waals surface area contributed by atoms with Crippen molar-refractivity contribution >= 4 is 46.0 Å². The lowest BCUT2D eigenvalue weighted by Gasteiger charge is -2.24. The van der Waals surface area contributed by atoms with E-state index in [0.29, 0.717) is 41.0 Å². The molecule has 0 saturated carbocycles. The van der Waals surface area contributed by atoms with Gasteiger partial charge in [-0.3, -0.25) is 9.59 Å². The number of amides is 2. The topological polar surface area (TPSA) is 78.1 Å². The van der Waals surface area contributed by atoms with Crippen LogP contribution in [-0.2, 0) is 16.1 Å². The van der Waals surface area contributed by atoms with Gasteiger partial charge in [0.05, 0.1) is 23.5 Å². The summed E-state index contributed by atoms with van der Waals surface area (Å²) < 4.78 is 0. The first-order chi connectivity index (χ1) is 13.5. The maximum Gasteiger partial charge on any atom is 0.251 e. The highest BCUT2D eigenvalue weighted by molar-refractivity contribution is 6.32. The molecule has 0 fully saturated rings. The Kier molecular flexibility index (Phi) is 5.24. The van der Waals surface area contributed by atoms with Crippen LogP contribution < -0.4 is 5.32 Å². The van der Waals surface area contributed by atoms with Crippen LogP contribution >= 0.6 is 23.2 Å².